The van der Waals surface area contributed by atoms with Crippen LogP contribution in [-0.2, 0) is 6.42 Å². The van der Waals surface area contributed by atoms with Crippen LogP contribution in [0.15, 0.2) is 48.5 Å². The molecular weight excluding hydrogens is 368 g/mol. The first-order chi connectivity index (χ1) is 13.7. The molecule has 1 aliphatic heterocycles. The van der Waals surface area contributed by atoms with E-state index in [4.69, 9.17) is 21.7 Å². The fourth-order valence-electron chi connectivity index (χ4n) is 3.28. The summed E-state index contributed by atoms with van der Waals surface area (Å²) in [7, 11) is 0. The third-order valence-corrected chi connectivity index (χ3v) is 5.16. The number of thiocarbonyl (C=S) groups is 1. The second-order valence-electron chi connectivity index (χ2n) is 7.17. The van der Waals surface area contributed by atoms with Crippen molar-refractivity contribution in [2.75, 3.05) is 25.0 Å². The number of unbranched alkanes of at least 4 members (excludes halogenated alkanes) is 1. The summed E-state index contributed by atoms with van der Waals surface area (Å²) in [5.41, 5.74) is 2.40. The van der Waals surface area contributed by atoms with Crippen LogP contribution in [0.25, 0.3) is 0 Å². The van der Waals surface area contributed by atoms with Crippen LogP contribution in [0, 0.1) is 0 Å². The summed E-state index contributed by atoms with van der Waals surface area (Å²) in [5, 5.41) is 4.11. The molecule has 0 saturated heterocycles. The molecule has 0 unspecified atom stereocenters. The third-order valence-electron chi connectivity index (χ3n) is 4.80. The van der Waals surface area contributed by atoms with Crippen LogP contribution >= 0.6 is 12.2 Å². The lowest BCUT2D eigenvalue weighted by atomic mass is 10.1. The largest absolute Gasteiger partial charge is 0.486 e. The average molecular weight is 399 g/mol. The van der Waals surface area contributed by atoms with Gasteiger partial charge in [0.15, 0.2) is 22.7 Å². The molecule has 150 valence electrons. The van der Waals surface area contributed by atoms with Gasteiger partial charge in [-0.15, -0.1) is 0 Å². The van der Waals surface area contributed by atoms with E-state index in [1.54, 1.807) is 0 Å². The summed E-state index contributed by atoms with van der Waals surface area (Å²) in [5.74, 6) is 1.61. The maximum Gasteiger partial charge on any atom is 0.173 e. The van der Waals surface area contributed by atoms with Crippen molar-refractivity contribution in [1.29, 1.82) is 0 Å². The summed E-state index contributed by atoms with van der Waals surface area (Å²) in [6.07, 6.45) is 4.54. The third kappa shape index (κ3) is 5.61. The van der Waals surface area contributed by atoms with E-state index in [1.807, 2.05) is 24.3 Å². The number of ether oxygens (including phenoxy) is 2. The van der Waals surface area contributed by atoms with Crippen molar-refractivity contribution in [3.63, 3.8) is 0 Å². The Morgan fingerprint density at radius 1 is 1.07 bits per heavy atom. The smallest absolute Gasteiger partial charge is 0.173 e. The standard InChI is InChI=1S/C23H30N2O2S/c1-3-5-8-18-11-13-19(14-12-18)24-23(28)25(15-4-2)16-20-17-26-21-9-6-7-10-22(21)27-20/h6-7,9-14,20H,3-5,8,15-17H2,1-2H3,(H,24,28)/t20-/m1/s1. The molecule has 0 spiro atoms. The molecule has 0 aromatic heterocycles. The van der Waals surface area contributed by atoms with Crippen LogP contribution in [0.4, 0.5) is 5.69 Å². The summed E-state index contributed by atoms with van der Waals surface area (Å²) >= 11 is 5.69. The average Bonchev–Trinajstić information content (AvgIpc) is 2.73. The molecular formula is C23H30N2O2S. The molecule has 0 aliphatic carbocycles. The van der Waals surface area contributed by atoms with Crippen molar-refractivity contribution < 1.29 is 9.47 Å². The van der Waals surface area contributed by atoms with E-state index in [1.165, 1.54) is 18.4 Å². The monoisotopic (exact) mass is 398 g/mol. The lowest BCUT2D eigenvalue weighted by molar-refractivity contribution is 0.0746. The first-order valence-electron chi connectivity index (χ1n) is 10.2. The molecule has 4 nitrogen and oxygen atoms in total. The summed E-state index contributed by atoms with van der Waals surface area (Å²) in [6.45, 7) is 6.48. The van der Waals surface area contributed by atoms with Crippen LogP contribution in [-0.4, -0.2) is 35.8 Å². The highest BCUT2D eigenvalue weighted by Crippen LogP contribution is 2.31. The number of nitrogens with zero attached hydrogens (tertiary/aromatic N) is 1. The number of nitrogens with one attached hydrogen (secondary N) is 1. The zero-order chi connectivity index (χ0) is 19.8. The fraction of sp³-hybridized carbons (Fsp3) is 0.435. The number of anilines is 1. The molecule has 0 bridgehead atoms. The number of hydrogen-bond donors (Lipinski definition) is 1. The Hall–Kier alpha value is -2.27. The van der Waals surface area contributed by atoms with Gasteiger partial charge in [-0.25, -0.2) is 0 Å². The molecule has 2 aromatic rings. The highest BCUT2D eigenvalue weighted by Gasteiger charge is 2.24. The van der Waals surface area contributed by atoms with Gasteiger partial charge in [-0.1, -0.05) is 44.5 Å². The Morgan fingerprint density at radius 3 is 2.54 bits per heavy atom. The Labute approximate surface area is 173 Å². The van der Waals surface area contributed by atoms with Crippen molar-refractivity contribution in [1.82, 2.24) is 4.90 Å². The molecule has 0 saturated carbocycles. The van der Waals surface area contributed by atoms with Crippen LogP contribution in [0.2, 0.25) is 0 Å². The minimum atomic E-state index is -0.0439. The minimum absolute atomic E-state index is 0.0439. The van der Waals surface area contributed by atoms with E-state index in [-0.39, 0.29) is 6.10 Å². The molecule has 3 rings (SSSR count). The van der Waals surface area contributed by atoms with Gasteiger partial charge in [0.25, 0.3) is 0 Å². The van der Waals surface area contributed by atoms with Crippen molar-refractivity contribution in [3.8, 4) is 11.5 Å². The second kappa shape index (κ2) is 10.3. The zero-order valence-electron chi connectivity index (χ0n) is 16.8. The van der Waals surface area contributed by atoms with Crippen LogP contribution in [0.5, 0.6) is 11.5 Å². The van der Waals surface area contributed by atoms with Crippen molar-refractivity contribution >= 4 is 23.0 Å². The lowest BCUT2D eigenvalue weighted by Crippen LogP contribution is -2.45. The van der Waals surface area contributed by atoms with E-state index >= 15 is 0 Å². The molecule has 1 N–H and O–H groups in total. The SMILES string of the molecule is CCCCc1ccc(NC(=S)N(CCC)C[C@@H]2COc3ccccc3O2)cc1. The summed E-state index contributed by atoms with van der Waals surface area (Å²) in [6, 6.07) is 16.4. The summed E-state index contributed by atoms with van der Waals surface area (Å²) < 4.78 is 12.0. The molecule has 0 radical (unpaired) electrons. The van der Waals surface area contributed by atoms with Gasteiger partial charge in [0.1, 0.15) is 6.61 Å². The Bertz CT molecular complexity index is 763. The van der Waals surface area contributed by atoms with Gasteiger partial charge in [0.05, 0.1) is 6.54 Å². The van der Waals surface area contributed by atoms with Gasteiger partial charge >= 0.3 is 0 Å². The Morgan fingerprint density at radius 2 is 1.82 bits per heavy atom. The second-order valence-corrected chi connectivity index (χ2v) is 7.56. The van der Waals surface area contributed by atoms with Crippen LogP contribution in [0.1, 0.15) is 38.7 Å². The Balaban J connectivity index is 1.58. The van der Waals surface area contributed by atoms with E-state index in [2.05, 4.69) is 48.3 Å². The predicted octanol–water partition coefficient (Wildman–Crippen LogP) is 5.28. The molecule has 1 aliphatic rings. The van der Waals surface area contributed by atoms with Crippen molar-refractivity contribution in [2.24, 2.45) is 0 Å². The molecule has 0 amide bonds. The van der Waals surface area contributed by atoms with Gasteiger partial charge in [-0.2, -0.15) is 0 Å². The fourth-order valence-corrected chi connectivity index (χ4v) is 3.57. The Kier molecular flexibility index (Phi) is 7.54. The van der Waals surface area contributed by atoms with Crippen molar-refractivity contribution in [3.05, 3.63) is 54.1 Å². The molecule has 5 heteroatoms. The van der Waals surface area contributed by atoms with E-state index < -0.39 is 0 Å². The first-order valence-corrected chi connectivity index (χ1v) is 10.6. The normalized spacial score (nSPS) is 15.1. The highest BCUT2D eigenvalue weighted by atomic mass is 32.1. The van der Waals surface area contributed by atoms with E-state index in [9.17, 15) is 0 Å². The maximum atomic E-state index is 6.11. The van der Waals surface area contributed by atoms with E-state index in [0.717, 1.165) is 41.7 Å². The summed E-state index contributed by atoms with van der Waals surface area (Å²) in [4.78, 5) is 2.17. The van der Waals surface area contributed by atoms with Gasteiger partial charge in [-0.3, -0.25) is 0 Å². The van der Waals surface area contributed by atoms with E-state index in [0.29, 0.717) is 13.2 Å². The van der Waals surface area contributed by atoms with Gasteiger partial charge < -0.3 is 19.7 Å². The minimum Gasteiger partial charge on any atom is -0.486 e. The quantitative estimate of drug-likeness (QED) is 0.612. The number of hydrogen-bond acceptors (Lipinski definition) is 3. The molecule has 1 heterocycles. The number of aryl methyl sites for hydroxylation is 1. The van der Waals surface area contributed by atoms with Crippen LogP contribution in [0.3, 0.4) is 0 Å². The topological polar surface area (TPSA) is 33.7 Å². The number of rotatable bonds is 8. The van der Waals surface area contributed by atoms with Gasteiger partial charge in [-0.05, 0) is 61.3 Å². The van der Waals surface area contributed by atoms with Gasteiger partial charge in [0.2, 0.25) is 0 Å². The zero-order valence-corrected chi connectivity index (χ0v) is 17.6. The molecule has 0 fully saturated rings. The highest BCUT2D eigenvalue weighted by molar-refractivity contribution is 7.80. The predicted molar refractivity (Wildman–Crippen MR) is 119 cm³/mol. The lowest BCUT2D eigenvalue weighted by Gasteiger charge is -2.32. The number of benzene rings is 2. The number of fused-ring (bicyclic) bond motifs is 1. The molecule has 1 atom stereocenters. The first kappa shape index (κ1) is 20.5. The maximum absolute atomic E-state index is 6.11. The van der Waals surface area contributed by atoms with Crippen LogP contribution < -0.4 is 14.8 Å². The van der Waals surface area contributed by atoms with Crippen molar-refractivity contribution in [2.45, 2.75) is 45.6 Å². The number of para-hydroxylation sites is 2. The molecule has 28 heavy (non-hydrogen) atoms. The molecule has 2 aromatic carbocycles. The van der Waals surface area contributed by atoms with Gasteiger partial charge in [0, 0.05) is 12.2 Å².